The fraction of sp³-hybridized carbons (Fsp3) is 0.667. The quantitative estimate of drug-likeness (QED) is 0.0758. The third-order valence-electron chi connectivity index (χ3n) is 8.61. The summed E-state index contributed by atoms with van der Waals surface area (Å²) >= 11 is 0. The molecule has 0 fully saturated rings. The third kappa shape index (κ3) is 16.6. The van der Waals surface area contributed by atoms with E-state index in [1.54, 1.807) is 24.3 Å². The number of benzene rings is 2. The van der Waals surface area contributed by atoms with Crippen LogP contribution in [0.25, 0.3) is 0 Å². The topological polar surface area (TPSA) is 118 Å². The van der Waals surface area contributed by atoms with E-state index in [0.717, 1.165) is 36.8 Å². The van der Waals surface area contributed by atoms with Crippen LogP contribution in [0.3, 0.4) is 0 Å². The lowest BCUT2D eigenvalue weighted by molar-refractivity contribution is 0.127. The van der Waals surface area contributed by atoms with E-state index in [4.69, 9.17) is 4.74 Å². The van der Waals surface area contributed by atoms with E-state index in [-0.39, 0.29) is 26.1 Å². The number of unbranched alkanes of at least 4 members (excludes halogenated alkanes) is 12. The van der Waals surface area contributed by atoms with Crippen molar-refractivity contribution in [1.29, 1.82) is 0 Å². The molecule has 2 rings (SSSR count). The van der Waals surface area contributed by atoms with E-state index in [9.17, 15) is 25.9 Å². The lowest BCUT2D eigenvalue weighted by Gasteiger charge is -2.17. The molecule has 9 heteroatoms. The van der Waals surface area contributed by atoms with Crippen LogP contribution >= 0.6 is 0 Å². The van der Waals surface area contributed by atoms with Crippen LogP contribution in [0.4, 0.5) is 0 Å². The molecule has 0 bridgehead atoms. The van der Waals surface area contributed by atoms with Crippen LogP contribution in [0, 0.1) is 0 Å². The Labute approximate surface area is 274 Å². The molecule has 2 unspecified atom stereocenters. The van der Waals surface area contributed by atoms with Gasteiger partial charge in [-0.05, 0) is 60.8 Å². The number of hydrogen-bond donors (Lipinski definition) is 2. The van der Waals surface area contributed by atoms with Gasteiger partial charge in [-0.1, -0.05) is 139 Å². The first-order chi connectivity index (χ1) is 21.6. The fourth-order valence-electron chi connectivity index (χ4n) is 5.83. The fourth-order valence-corrected chi connectivity index (χ4v) is 7.62. The molecule has 0 aromatic heterocycles. The molecule has 0 amide bonds. The first kappa shape index (κ1) is 39.4. The van der Waals surface area contributed by atoms with E-state index in [1.165, 1.54) is 77.0 Å². The monoisotopic (exact) mass is 666 g/mol. The minimum atomic E-state index is -4.37. The summed E-state index contributed by atoms with van der Waals surface area (Å²) in [5.74, 6) is 0. The number of hydrogen-bond acceptors (Lipinski definition) is 5. The molecule has 0 saturated heterocycles. The zero-order chi connectivity index (χ0) is 33.0. The maximum Gasteiger partial charge on any atom is 0.272 e. The molecule has 2 atom stereocenters. The van der Waals surface area contributed by atoms with Crippen molar-refractivity contribution < 1.29 is 30.7 Å². The SMILES string of the molecule is CCCCCCCCCc1ccc(C(CCOCCC(c2ccc(CCCCCCCCC)cc2)S(=O)(=O)O)S(=O)(=O)O)cc1. The normalized spacial score (nSPS) is 13.6. The lowest BCUT2D eigenvalue weighted by atomic mass is 10.0. The zero-order valence-corrected chi connectivity index (χ0v) is 29.3. The third-order valence-corrected chi connectivity index (χ3v) is 11.1. The van der Waals surface area contributed by atoms with Crippen molar-refractivity contribution in [2.75, 3.05) is 13.2 Å². The molecule has 7 nitrogen and oxygen atoms in total. The summed E-state index contributed by atoms with van der Waals surface area (Å²) in [6.45, 7) is 4.45. The van der Waals surface area contributed by atoms with Gasteiger partial charge in [-0.3, -0.25) is 9.11 Å². The Balaban J connectivity index is 1.81. The largest absolute Gasteiger partial charge is 0.381 e. The van der Waals surface area contributed by atoms with Gasteiger partial charge in [0.15, 0.2) is 0 Å². The highest BCUT2D eigenvalue weighted by Gasteiger charge is 2.27. The van der Waals surface area contributed by atoms with Gasteiger partial charge in [-0.15, -0.1) is 0 Å². The first-order valence-corrected chi connectivity index (χ1v) is 20.2. The average Bonchev–Trinajstić information content (AvgIpc) is 2.99. The summed E-state index contributed by atoms with van der Waals surface area (Å²) < 4.78 is 74.1. The van der Waals surface area contributed by atoms with Crippen molar-refractivity contribution >= 4 is 20.2 Å². The van der Waals surface area contributed by atoms with Crippen LogP contribution in [-0.4, -0.2) is 39.2 Å². The molecule has 2 aromatic carbocycles. The molecular weight excluding hydrogens is 609 g/mol. The summed E-state index contributed by atoms with van der Waals surface area (Å²) in [4.78, 5) is 0. The van der Waals surface area contributed by atoms with Gasteiger partial charge >= 0.3 is 0 Å². The maximum atomic E-state index is 12.2. The Morgan fingerprint density at radius 1 is 0.511 bits per heavy atom. The number of rotatable bonds is 26. The highest BCUT2D eigenvalue weighted by Crippen LogP contribution is 2.28. The minimum Gasteiger partial charge on any atom is -0.381 e. The predicted octanol–water partition coefficient (Wildman–Crippen LogP) is 9.63. The van der Waals surface area contributed by atoms with Gasteiger partial charge in [0.05, 0.1) is 0 Å². The molecule has 0 heterocycles. The molecule has 0 aliphatic heterocycles. The van der Waals surface area contributed by atoms with E-state index in [0.29, 0.717) is 11.1 Å². The van der Waals surface area contributed by atoms with Gasteiger partial charge in [0.2, 0.25) is 0 Å². The van der Waals surface area contributed by atoms with E-state index in [1.807, 2.05) is 24.3 Å². The molecule has 0 aliphatic rings. The summed E-state index contributed by atoms with van der Waals surface area (Å²) in [6, 6.07) is 14.7. The van der Waals surface area contributed by atoms with Crippen molar-refractivity contribution in [3.8, 4) is 0 Å². The summed E-state index contributed by atoms with van der Waals surface area (Å²) in [7, 11) is -8.73. The van der Waals surface area contributed by atoms with E-state index < -0.39 is 30.7 Å². The van der Waals surface area contributed by atoms with Crippen molar-refractivity contribution in [1.82, 2.24) is 0 Å². The summed E-state index contributed by atoms with van der Waals surface area (Å²) in [5.41, 5.74) is 3.27. The van der Waals surface area contributed by atoms with Crippen molar-refractivity contribution in [3.63, 3.8) is 0 Å². The summed E-state index contributed by atoms with van der Waals surface area (Å²) in [6.07, 6.45) is 19.1. The zero-order valence-electron chi connectivity index (χ0n) is 27.7. The van der Waals surface area contributed by atoms with Crippen LogP contribution in [0.5, 0.6) is 0 Å². The average molecular weight is 667 g/mol. The molecular formula is C36H58O7S2. The van der Waals surface area contributed by atoms with Crippen LogP contribution < -0.4 is 0 Å². The van der Waals surface area contributed by atoms with Crippen LogP contribution in [0.15, 0.2) is 48.5 Å². The van der Waals surface area contributed by atoms with E-state index >= 15 is 0 Å². The molecule has 0 saturated carbocycles. The van der Waals surface area contributed by atoms with Gasteiger partial charge in [0.25, 0.3) is 20.2 Å². The molecule has 2 N–H and O–H groups in total. The first-order valence-electron chi connectivity index (χ1n) is 17.2. The Morgan fingerprint density at radius 2 is 0.822 bits per heavy atom. The van der Waals surface area contributed by atoms with Gasteiger partial charge in [0.1, 0.15) is 10.5 Å². The predicted molar refractivity (Wildman–Crippen MR) is 185 cm³/mol. The number of ether oxygens (including phenoxy) is 1. The maximum absolute atomic E-state index is 12.2. The van der Waals surface area contributed by atoms with Crippen LogP contribution in [0.2, 0.25) is 0 Å². The number of aryl methyl sites for hydroxylation is 2. The second-order valence-electron chi connectivity index (χ2n) is 12.4. The molecule has 0 aliphatic carbocycles. The smallest absolute Gasteiger partial charge is 0.272 e. The summed E-state index contributed by atoms with van der Waals surface area (Å²) in [5, 5.41) is -2.27. The Hall–Kier alpha value is -1.78. The lowest BCUT2D eigenvalue weighted by Crippen LogP contribution is -2.17. The van der Waals surface area contributed by atoms with Crippen molar-refractivity contribution in [2.24, 2.45) is 0 Å². The van der Waals surface area contributed by atoms with Crippen LogP contribution in [-0.2, 0) is 37.8 Å². The Bertz CT molecular complexity index is 1160. The van der Waals surface area contributed by atoms with Crippen LogP contribution in [0.1, 0.15) is 149 Å². The highest BCUT2D eigenvalue weighted by molar-refractivity contribution is 7.86. The molecule has 45 heavy (non-hydrogen) atoms. The Morgan fingerprint density at radius 3 is 1.13 bits per heavy atom. The molecule has 0 spiro atoms. The molecule has 0 radical (unpaired) electrons. The second-order valence-corrected chi connectivity index (χ2v) is 15.6. The van der Waals surface area contributed by atoms with E-state index in [2.05, 4.69) is 13.8 Å². The molecule has 256 valence electrons. The van der Waals surface area contributed by atoms with Gasteiger partial charge in [-0.2, -0.15) is 16.8 Å². The van der Waals surface area contributed by atoms with Gasteiger partial charge in [-0.25, -0.2) is 0 Å². The minimum absolute atomic E-state index is 0.0137. The Kier molecular flexibility index (Phi) is 19.2. The van der Waals surface area contributed by atoms with Crippen molar-refractivity contribution in [2.45, 2.75) is 140 Å². The van der Waals surface area contributed by atoms with Gasteiger partial charge < -0.3 is 4.74 Å². The molecule has 2 aromatic rings. The highest BCUT2D eigenvalue weighted by atomic mass is 32.2. The standard InChI is InChI=1S/C36H58O7S2/c1-3-5-7-9-11-13-15-17-31-19-23-33(24-20-31)35(44(37,38)39)27-29-43-30-28-36(45(40,41)42)34-25-21-32(22-26-34)18-16-14-12-10-8-6-4-2/h19-26,35-36H,3-18,27-30H2,1-2H3,(H,37,38,39)(H,40,41,42). The second kappa shape index (κ2) is 21.9. The van der Waals surface area contributed by atoms with Gasteiger partial charge in [0, 0.05) is 13.2 Å². The van der Waals surface area contributed by atoms with Crippen molar-refractivity contribution in [3.05, 3.63) is 70.8 Å².